The summed E-state index contributed by atoms with van der Waals surface area (Å²) in [6.45, 7) is 17.7. The van der Waals surface area contributed by atoms with Gasteiger partial charge in [-0.15, -0.1) is 0 Å². The van der Waals surface area contributed by atoms with Crippen molar-refractivity contribution in [1.82, 2.24) is 0 Å². The van der Waals surface area contributed by atoms with Gasteiger partial charge in [-0.1, -0.05) is 490 Å². The summed E-state index contributed by atoms with van der Waals surface area (Å²) in [5.74, 6) is 4.80. The summed E-state index contributed by atoms with van der Waals surface area (Å²) in [5, 5.41) is 6.70. The van der Waals surface area contributed by atoms with Gasteiger partial charge >= 0.3 is 0 Å². The molecule has 0 amide bonds. The average molecular weight is 1500 g/mol. The molecule has 0 saturated carbocycles. The topological polar surface area (TPSA) is 55.4 Å². The van der Waals surface area contributed by atoms with Gasteiger partial charge in [0.2, 0.25) is 11.5 Å². The van der Waals surface area contributed by atoms with E-state index in [9.17, 15) is 0 Å². The molecule has 6 heteroatoms. The van der Waals surface area contributed by atoms with Crippen LogP contribution < -0.4 is 28.4 Å². The number of hydrogen-bond donors (Lipinski definition) is 0. The highest BCUT2D eigenvalue weighted by molar-refractivity contribution is 6.31. The molecule has 108 heavy (non-hydrogen) atoms. The Bertz CT molecular complexity index is 2590. The molecule has 0 radical (unpaired) electrons. The molecule has 0 aromatic heterocycles. The van der Waals surface area contributed by atoms with Crippen molar-refractivity contribution in [3.8, 4) is 34.5 Å². The van der Waals surface area contributed by atoms with Crippen molar-refractivity contribution in [2.45, 2.75) is 504 Å². The van der Waals surface area contributed by atoms with Crippen LogP contribution in [-0.2, 0) is 0 Å². The van der Waals surface area contributed by atoms with Gasteiger partial charge in [0.1, 0.15) is 0 Å². The summed E-state index contributed by atoms with van der Waals surface area (Å²) >= 11 is 0. The molecule has 0 N–H and O–H groups in total. The van der Waals surface area contributed by atoms with E-state index in [0.717, 1.165) is 115 Å². The second kappa shape index (κ2) is 72.4. The number of rotatable bonds is 84. The first kappa shape index (κ1) is 96.8. The molecule has 624 valence electrons. The number of unbranched alkanes of at least 4 members (excludes halogenated alkanes) is 66. The van der Waals surface area contributed by atoms with Gasteiger partial charge in [-0.2, -0.15) is 0 Å². The zero-order valence-electron chi connectivity index (χ0n) is 73.1. The fourth-order valence-electron chi connectivity index (χ4n) is 16.6. The Hall–Kier alpha value is -3.54. The molecule has 0 spiro atoms. The third kappa shape index (κ3) is 46.6. The number of ether oxygens (including phenoxy) is 6. The van der Waals surface area contributed by atoms with E-state index in [1.54, 1.807) is 0 Å². The number of hydrogen-bond acceptors (Lipinski definition) is 6. The van der Waals surface area contributed by atoms with Crippen LogP contribution in [0.3, 0.4) is 0 Å². The van der Waals surface area contributed by atoms with Crippen molar-refractivity contribution in [2.24, 2.45) is 0 Å². The summed E-state index contributed by atoms with van der Waals surface area (Å²) in [6, 6.07) is 13.7. The Balaban J connectivity index is 1.85. The van der Waals surface area contributed by atoms with Gasteiger partial charge in [-0.3, -0.25) is 0 Å². The molecular weight excluding hydrogens is 1320 g/mol. The normalized spacial score (nSPS) is 11.7. The summed E-state index contributed by atoms with van der Waals surface area (Å²) < 4.78 is 44.8. The van der Waals surface area contributed by atoms with Crippen LogP contribution in [0.25, 0.3) is 32.3 Å². The summed E-state index contributed by atoms with van der Waals surface area (Å²) in [4.78, 5) is 0. The molecule has 0 unspecified atom stereocenters. The Labute approximate surface area is 671 Å². The first-order chi connectivity index (χ1) is 53.7. The molecule has 4 aromatic rings. The minimum atomic E-state index is 0.603. The van der Waals surface area contributed by atoms with Gasteiger partial charge in [0.15, 0.2) is 23.0 Å². The standard InChI is InChI=1S/C102H180O6/c1-7-13-19-25-31-37-43-49-55-61-67-75-85-103-94-84-83-93-91-81-73-74-82-92(91)96-97(95(93)98(94)104-86-76-68-62-56-50-44-38-32-26-20-14-8-2)100(106-88-78-70-64-58-52-46-40-34-28-22-16-10-4)102(108-90-80-72-66-60-54-48-42-36-30-24-18-12-6)101(107-89-79-71-65-59-53-47-41-35-29-23-17-11-5)99(96)105-87-77-69-63-57-51-45-39-33-27-21-15-9-3/h73-74,81-84H,7-72,75-80,85-90H2,1-6H3. The van der Waals surface area contributed by atoms with Gasteiger partial charge in [-0.25, -0.2) is 0 Å². The maximum atomic E-state index is 7.64. The van der Waals surface area contributed by atoms with Crippen LogP contribution in [-0.4, -0.2) is 39.6 Å². The summed E-state index contributed by atoms with van der Waals surface area (Å²) in [7, 11) is 0. The van der Waals surface area contributed by atoms with Crippen LogP contribution in [0.4, 0.5) is 0 Å². The molecule has 0 bridgehead atoms. The van der Waals surface area contributed by atoms with Gasteiger partial charge < -0.3 is 28.4 Å². The lowest BCUT2D eigenvalue weighted by Gasteiger charge is -2.26. The average Bonchev–Trinajstić information content (AvgIpc) is 0.709. The zero-order chi connectivity index (χ0) is 76.6. The quantitative estimate of drug-likeness (QED) is 0.0324. The van der Waals surface area contributed by atoms with Crippen LogP contribution in [0.1, 0.15) is 504 Å². The third-order valence-electron chi connectivity index (χ3n) is 23.7. The first-order valence-electron chi connectivity index (χ1n) is 48.9. The van der Waals surface area contributed by atoms with E-state index in [0.29, 0.717) is 39.6 Å². The van der Waals surface area contributed by atoms with E-state index in [4.69, 9.17) is 28.4 Å². The van der Waals surface area contributed by atoms with Crippen LogP contribution in [0.15, 0.2) is 36.4 Å². The van der Waals surface area contributed by atoms with Gasteiger partial charge in [-0.05, 0) is 66.8 Å². The van der Waals surface area contributed by atoms with Gasteiger partial charge in [0.05, 0.1) is 39.6 Å². The van der Waals surface area contributed by atoms with Crippen LogP contribution in [0.2, 0.25) is 0 Å². The fraction of sp³-hybridized carbons (Fsp3) is 0.824. The molecule has 0 aliphatic carbocycles. The molecule has 0 saturated heterocycles. The lowest BCUT2D eigenvalue weighted by molar-refractivity contribution is 0.222. The monoisotopic (exact) mass is 1500 g/mol. The molecular formula is C102H180O6. The van der Waals surface area contributed by atoms with Crippen LogP contribution in [0.5, 0.6) is 34.5 Å². The van der Waals surface area contributed by atoms with Crippen molar-refractivity contribution in [3.05, 3.63) is 36.4 Å². The second-order valence-electron chi connectivity index (χ2n) is 33.9. The molecule has 6 nitrogen and oxygen atoms in total. The largest absolute Gasteiger partial charge is 0.490 e. The Kier molecular flexibility index (Phi) is 64.9. The van der Waals surface area contributed by atoms with Crippen molar-refractivity contribution in [3.63, 3.8) is 0 Å². The zero-order valence-corrected chi connectivity index (χ0v) is 73.1. The minimum absolute atomic E-state index is 0.603. The van der Waals surface area contributed by atoms with Crippen LogP contribution >= 0.6 is 0 Å². The summed E-state index contributed by atoms with van der Waals surface area (Å²) in [5.41, 5.74) is 0. The fourth-order valence-corrected chi connectivity index (χ4v) is 16.6. The van der Waals surface area contributed by atoms with E-state index < -0.39 is 0 Å². The lowest BCUT2D eigenvalue weighted by Crippen LogP contribution is -2.10. The maximum absolute atomic E-state index is 7.64. The highest BCUT2D eigenvalue weighted by atomic mass is 16.6. The highest BCUT2D eigenvalue weighted by Gasteiger charge is 2.31. The summed E-state index contributed by atoms with van der Waals surface area (Å²) in [6.07, 6.45) is 94.2. The smallest absolute Gasteiger partial charge is 0.208 e. The van der Waals surface area contributed by atoms with Gasteiger partial charge in [0, 0.05) is 16.2 Å². The molecule has 0 atom stereocenters. The van der Waals surface area contributed by atoms with Crippen molar-refractivity contribution >= 4 is 32.3 Å². The Morgan fingerprint density at radius 3 is 0.574 bits per heavy atom. The second-order valence-corrected chi connectivity index (χ2v) is 33.9. The van der Waals surface area contributed by atoms with E-state index in [1.807, 2.05) is 0 Å². The van der Waals surface area contributed by atoms with Crippen LogP contribution in [0, 0.1) is 0 Å². The van der Waals surface area contributed by atoms with E-state index in [2.05, 4.69) is 77.9 Å². The predicted molar refractivity (Wildman–Crippen MR) is 478 cm³/mol. The van der Waals surface area contributed by atoms with E-state index >= 15 is 0 Å². The predicted octanol–water partition coefficient (Wildman–Crippen LogP) is 35.6. The number of fused-ring (bicyclic) bond motifs is 6. The molecule has 0 fully saturated rings. The van der Waals surface area contributed by atoms with Crippen molar-refractivity contribution in [1.29, 1.82) is 0 Å². The van der Waals surface area contributed by atoms with Crippen molar-refractivity contribution < 1.29 is 28.4 Å². The third-order valence-corrected chi connectivity index (χ3v) is 23.7. The Morgan fingerprint density at radius 1 is 0.148 bits per heavy atom. The molecule has 0 heterocycles. The maximum Gasteiger partial charge on any atom is 0.208 e. The highest BCUT2D eigenvalue weighted by Crippen LogP contribution is 2.58. The van der Waals surface area contributed by atoms with E-state index in [-0.39, 0.29) is 0 Å². The molecule has 4 rings (SSSR count). The first-order valence-corrected chi connectivity index (χ1v) is 48.9. The Morgan fingerprint density at radius 2 is 0.324 bits per heavy atom. The minimum Gasteiger partial charge on any atom is -0.490 e. The number of benzene rings is 4. The molecule has 0 aliphatic rings. The van der Waals surface area contributed by atoms with Crippen molar-refractivity contribution in [2.75, 3.05) is 39.6 Å². The van der Waals surface area contributed by atoms with Gasteiger partial charge in [0.25, 0.3) is 0 Å². The molecule has 4 aromatic carbocycles. The molecule has 0 aliphatic heterocycles. The van der Waals surface area contributed by atoms with E-state index in [1.165, 1.54) is 414 Å². The SMILES string of the molecule is CCCCCCCCCCCCCCOc1ccc2c3ccccc3c3c(OCCCCCCCCCCCCCC)c(OCCCCCCCCCCCCCC)c(OCCCCCCCCCCCCCC)c(OCCCCCCCCCCCCCC)c3c2c1OCCCCCCCCCCCCCC. The lowest BCUT2D eigenvalue weighted by atomic mass is 9.91.